The largest absolute Gasteiger partial charge is 0.513 e. The van der Waals surface area contributed by atoms with Gasteiger partial charge in [-0.1, -0.05) is 30.9 Å². The Morgan fingerprint density at radius 3 is 1.18 bits per heavy atom. The van der Waals surface area contributed by atoms with Crippen LogP contribution in [0.2, 0.25) is 0 Å². The van der Waals surface area contributed by atoms with Crippen molar-refractivity contribution in [2.75, 3.05) is 46.8 Å². The summed E-state index contributed by atoms with van der Waals surface area (Å²) >= 11 is 0. The number of methoxy groups -OCH3 is 1. The first-order chi connectivity index (χ1) is 34.8. The number of hydrogen-bond acceptors (Lipinski definition) is 20. The van der Waals surface area contributed by atoms with E-state index in [4.69, 9.17) is 47.4 Å². The lowest BCUT2D eigenvalue weighted by atomic mass is 10.1. The monoisotopic (exact) mass is 996 g/mol. The van der Waals surface area contributed by atoms with E-state index in [-0.39, 0.29) is 67.0 Å². The van der Waals surface area contributed by atoms with E-state index in [2.05, 4.69) is 22.6 Å². The van der Waals surface area contributed by atoms with Gasteiger partial charge in [0.15, 0.2) is 12.2 Å². The lowest BCUT2D eigenvalue weighted by molar-refractivity contribution is -0.138. The minimum absolute atomic E-state index is 0.0213. The number of fused-ring (bicyclic) bond motifs is 1. The SMILES string of the molecule is C=CC(=O)OCCCCOC(=O)OC.C=CC(=O)OCCCCOC(=O)Oc1ccc(C(=O)Oc2ccc(C(=O)O[C@H]3CO[C@H]4[C@@H]3OC[C@@H]4OC(=O)c3ccc(OC(=O)c4ccc(C)cc4)cc3)cc2)cc1. The maximum atomic E-state index is 13.0. The summed E-state index contributed by atoms with van der Waals surface area (Å²) in [6.45, 7) is 9.32. The van der Waals surface area contributed by atoms with Crippen molar-refractivity contribution in [3.8, 4) is 17.2 Å². The molecule has 20 nitrogen and oxygen atoms in total. The average molecular weight is 997 g/mol. The zero-order valence-corrected chi connectivity index (χ0v) is 39.4. The maximum Gasteiger partial charge on any atom is 0.513 e. The molecule has 6 rings (SSSR count). The number of carbonyl (C=O) groups excluding carboxylic acids is 8. The molecule has 0 aliphatic carbocycles. The summed E-state index contributed by atoms with van der Waals surface area (Å²) < 4.78 is 62.2. The van der Waals surface area contributed by atoms with Crippen LogP contribution in [0.25, 0.3) is 0 Å². The average Bonchev–Trinajstić information content (AvgIpc) is 3.98. The number of hydrogen-bond donors (Lipinski definition) is 0. The Morgan fingerprint density at radius 2 is 0.806 bits per heavy atom. The standard InChI is InChI=1S/C43H38O15.C9H14O5/c1-3-36(44)50-22-4-5-23-51-43(49)56-33-20-14-28(15-21-33)40(46)55-32-18-12-30(13-19-32)42(48)58-35-25-53-37-34(24-52-38(35)37)57-41(47)29-10-16-31(17-11-29)54-39(45)27-8-6-26(2)7-9-27;1-3-8(10)13-6-4-5-7-14-9(11)12-2/h3,6-21,34-35,37-38H,1,4-5,22-25H2,2H3;3H,1,4-7H2,2H3/t34-,35-,37+,38+;/m0./s1. The molecule has 0 aromatic heterocycles. The van der Waals surface area contributed by atoms with E-state index in [0.29, 0.717) is 37.9 Å². The van der Waals surface area contributed by atoms with E-state index in [0.717, 1.165) is 17.7 Å². The molecule has 72 heavy (non-hydrogen) atoms. The zero-order valence-electron chi connectivity index (χ0n) is 39.4. The summed E-state index contributed by atoms with van der Waals surface area (Å²) in [6, 6.07) is 24.3. The molecule has 380 valence electrons. The molecule has 2 heterocycles. The predicted octanol–water partition coefficient (Wildman–Crippen LogP) is 7.29. The van der Waals surface area contributed by atoms with Crippen LogP contribution in [0.5, 0.6) is 17.2 Å². The highest BCUT2D eigenvalue weighted by atomic mass is 16.7. The van der Waals surface area contributed by atoms with Crippen molar-refractivity contribution in [2.24, 2.45) is 0 Å². The van der Waals surface area contributed by atoms with E-state index in [1.165, 1.54) is 79.9 Å². The lowest BCUT2D eigenvalue weighted by Crippen LogP contribution is -2.36. The number of carbonyl (C=O) groups is 8. The maximum absolute atomic E-state index is 13.0. The van der Waals surface area contributed by atoms with Gasteiger partial charge < -0.3 is 56.8 Å². The van der Waals surface area contributed by atoms with E-state index in [1.54, 1.807) is 12.1 Å². The Labute approximate surface area is 413 Å². The molecule has 20 heteroatoms. The fourth-order valence-electron chi connectivity index (χ4n) is 6.41. The lowest BCUT2D eigenvalue weighted by Gasteiger charge is -2.17. The van der Waals surface area contributed by atoms with Crippen molar-refractivity contribution in [2.45, 2.75) is 57.0 Å². The van der Waals surface area contributed by atoms with Crippen molar-refractivity contribution in [3.63, 3.8) is 0 Å². The molecule has 0 radical (unpaired) electrons. The van der Waals surface area contributed by atoms with Gasteiger partial charge in [-0.2, -0.15) is 0 Å². The Balaban J connectivity index is 0.000000598. The second kappa shape index (κ2) is 28.3. The van der Waals surface area contributed by atoms with Gasteiger partial charge in [-0.3, -0.25) is 0 Å². The normalized spacial score (nSPS) is 16.1. The van der Waals surface area contributed by atoms with Crippen LogP contribution in [0.1, 0.15) is 72.7 Å². The van der Waals surface area contributed by atoms with Crippen LogP contribution in [0.15, 0.2) is 122 Å². The number of rotatable bonds is 21. The van der Waals surface area contributed by atoms with Gasteiger partial charge in [0.1, 0.15) is 29.5 Å². The van der Waals surface area contributed by atoms with Gasteiger partial charge in [-0.25, -0.2) is 38.4 Å². The van der Waals surface area contributed by atoms with Gasteiger partial charge in [0.05, 0.1) is 69.0 Å². The highest BCUT2D eigenvalue weighted by molar-refractivity contribution is 5.93. The number of ether oxygens (including phenoxy) is 12. The van der Waals surface area contributed by atoms with E-state index in [1.807, 2.05) is 19.1 Å². The third-order valence-corrected chi connectivity index (χ3v) is 10.2. The molecule has 2 saturated heterocycles. The van der Waals surface area contributed by atoms with Gasteiger partial charge in [0.25, 0.3) is 0 Å². The van der Waals surface area contributed by atoms with Crippen LogP contribution in [-0.2, 0) is 52.2 Å². The molecule has 0 saturated carbocycles. The van der Waals surface area contributed by atoms with Crippen LogP contribution < -0.4 is 14.2 Å². The fraction of sp³-hybridized carbons (Fsp3) is 0.308. The van der Waals surface area contributed by atoms with Crippen LogP contribution >= 0.6 is 0 Å². The molecular formula is C52H52O20. The quantitative estimate of drug-likeness (QED) is 0.0198. The van der Waals surface area contributed by atoms with Crippen molar-refractivity contribution in [1.29, 1.82) is 0 Å². The first-order valence-electron chi connectivity index (χ1n) is 22.4. The van der Waals surface area contributed by atoms with E-state index >= 15 is 0 Å². The summed E-state index contributed by atoms with van der Waals surface area (Å²) in [6.07, 6.45) is -0.111. The zero-order chi connectivity index (χ0) is 51.8. The van der Waals surface area contributed by atoms with Crippen molar-refractivity contribution >= 4 is 48.1 Å². The van der Waals surface area contributed by atoms with Crippen molar-refractivity contribution < 1.29 is 95.2 Å². The molecule has 0 bridgehead atoms. The van der Waals surface area contributed by atoms with Crippen molar-refractivity contribution in [1.82, 2.24) is 0 Å². The van der Waals surface area contributed by atoms with Gasteiger partial charge in [-0.15, -0.1) is 0 Å². The molecule has 0 unspecified atom stereocenters. The van der Waals surface area contributed by atoms with Gasteiger partial charge in [0, 0.05) is 12.2 Å². The number of aryl methyl sites for hydroxylation is 1. The molecular weight excluding hydrogens is 945 g/mol. The molecule has 0 N–H and O–H groups in total. The first-order valence-corrected chi connectivity index (χ1v) is 22.4. The molecule has 4 aromatic carbocycles. The summed E-state index contributed by atoms with van der Waals surface area (Å²) in [7, 11) is 1.24. The smallest absolute Gasteiger partial charge is 0.463 e. The molecule has 4 aromatic rings. The molecule has 2 aliphatic heterocycles. The van der Waals surface area contributed by atoms with Crippen molar-refractivity contribution in [3.05, 3.63) is 150 Å². The number of benzene rings is 4. The predicted molar refractivity (Wildman–Crippen MR) is 249 cm³/mol. The number of unbranched alkanes of at least 4 members (excludes halogenated alkanes) is 2. The van der Waals surface area contributed by atoms with Crippen LogP contribution in [0.3, 0.4) is 0 Å². The highest BCUT2D eigenvalue weighted by Crippen LogP contribution is 2.32. The fourth-order valence-corrected chi connectivity index (χ4v) is 6.41. The molecule has 2 fully saturated rings. The van der Waals surface area contributed by atoms with Crippen LogP contribution in [0, 0.1) is 6.92 Å². The van der Waals surface area contributed by atoms with Crippen LogP contribution in [0.4, 0.5) is 9.59 Å². The molecule has 2 aliphatic rings. The van der Waals surface area contributed by atoms with E-state index in [9.17, 15) is 38.4 Å². The Kier molecular flexibility index (Phi) is 21.5. The third-order valence-electron chi connectivity index (χ3n) is 10.2. The van der Waals surface area contributed by atoms with Crippen LogP contribution in [-0.4, -0.2) is 119 Å². The summed E-state index contributed by atoms with van der Waals surface area (Å²) in [5, 5.41) is 0. The third kappa shape index (κ3) is 17.6. The summed E-state index contributed by atoms with van der Waals surface area (Å²) in [5.74, 6) is -2.92. The summed E-state index contributed by atoms with van der Waals surface area (Å²) in [5.41, 5.74) is 1.99. The minimum atomic E-state index is -0.931. The molecule has 4 atom stereocenters. The molecule has 0 amide bonds. The Morgan fingerprint density at radius 1 is 0.472 bits per heavy atom. The highest BCUT2D eigenvalue weighted by Gasteiger charge is 2.51. The number of esters is 6. The van der Waals surface area contributed by atoms with Gasteiger partial charge >= 0.3 is 48.1 Å². The first kappa shape index (κ1) is 54.6. The van der Waals surface area contributed by atoms with Gasteiger partial charge in [0.2, 0.25) is 0 Å². The Bertz CT molecular complexity index is 2500. The van der Waals surface area contributed by atoms with Gasteiger partial charge in [-0.05, 0) is 118 Å². The minimum Gasteiger partial charge on any atom is -0.463 e. The second-order valence-electron chi connectivity index (χ2n) is 15.4. The Hall–Kier alpha value is -8.36. The second-order valence-corrected chi connectivity index (χ2v) is 15.4. The van der Waals surface area contributed by atoms with E-state index < -0.39 is 72.5 Å². The molecule has 0 spiro atoms. The topological polar surface area (TPSA) is 247 Å². The summed E-state index contributed by atoms with van der Waals surface area (Å²) in [4.78, 5) is 95.0.